The average molecular weight is 213 g/mol. The number of nitrogens with zero attached hydrogens (tertiary/aromatic N) is 1. The Morgan fingerprint density at radius 2 is 2.47 bits per heavy atom. The molecule has 15 heavy (non-hydrogen) atoms. The van der Waals surface area contributed by atoms with E-state index in [0.717, 1.165) is 12.8 Å². The monoisotopic (exact) mass is 213 g/mol. The molecular formula is C10H16FN3O. The van der Waals surface area contributed by atoms with Gasteiger partial charge in [-0.3, -0.25) is 16.3 Å². The lowest BCUT2D eigenvalue weighted by atomic mass is 10.0. The molecule has 84 valence electrons. The quantitative estimate of drug-likeness (QED) is 0.423. The van der Waals surface area contributed by atoms with Crippen LogP contribution in [0.25, 0.3) is 0 Å². The van der Waals surface area contributed by atoms with E-state index in [0.29, 0.717) is 12.2 Å². The number of halogens is 1. The molecule has 1 heterocycles. The Hall–Kier alpha value is -1.04. The molecule has 5 heteroatoms. The maximum atomic E-state index is 13.3. The van der Waals surface area contributed by atoms with E-state index in [2.05, 4.69) is 10.4 Å². The highest BCUT2D eigenvalue weighted by molar-refractivity contribution is 5.16. The Kier molecular flexibility index (Phi) is 5.17. The van der Waals surface area contributed by atoms with Crippen LogP contribution < -0.4 is 11.3 Å². The van der Waals surface area contributed by atoms with Crippen LogP contribution in [0, 0.1) is 5.82 Å². The standard InChI is InChI=1S/C10H16FN3O/c1-15-6-2-3-10(14-12)8-4-5-13-7-9(8)11/h4-5,7,10,14H,2-3,6,12H2,1H3. The fourth-order valence-corrected chi connectivity index (χ4v) is 1.43. The summed E-state index contributed by atoms with van der Waals surface area (Å²) in [5.74, 6) is 5.04. The Morgan fingerprint density at radius 3 is 3.07 bits per heavy atom. The van der Waals surface area contributed by atoms with E-state index in [-0.39, 0.29) is 11.9 Å². The van der Waals surface area contributed by atoms with Crippen LogP contribution in [0.5, 0.6) is 0 Å². The molecule has 1 unspecified atom stereocenters. The fourth-order valence-electron chi connectivity index (χ4n) is 1.43. The maximum Gasteiger partial charge on any atom is 0.146 e. The van der Waals surface area contributed by atoms with Crippen molar-refractivity contribution in [1.82, 2.24) is 10.4 Å². The number of aromatic nitrogens is 1. The minimum atomic E-state index is -0.335. The van der Waals surface area contributed by atoms with Gasteiger partial charge in [-0.1, -0.05) is 0 Å². The number of ether oxygens (including phenoxy) is 1. The van der Waals surface area contributed by atoms with Crippen LogP contribution in [0.2, 0.25) is 0 Å². The molecular weight excluding hydrogens is 197 g/mol. The van der Waals surface area contributed by atoms with Gasteiger partial charge in [-0.05, 0) is 18.9 Å². The summed E-state index contributed by atoms with van der Waals surface area (Å²) in [6, 6.07) is 1.44. The van der Waals surface area contributed by atoms with E-state index in [4.69, 9.17) is 10.6 Å². The predicted molar refractivity (Wildman–Crippen MR) is 55.4 cm³/mol. The average Bonchev–Trinajstić information content (AvgIpc) is 2.26. The summed E-state index contributed by atoms with van der Waals surface area (Å²) in [5, 5.41) is 0. The van der Waals surface area contributed by atoms with Crippen molar-refractivity contribution in [3.05, 3.63) is 29.8 Å². The number of hydrogen-bond donors (Lipinski definition) is 2. The molecule has 1 rings (SSSR count). The van der Waals surface area contributed by atoms with Crippen molar-refractivity contribution in [1.29, 1.82) is 0 Å². The molecule has 1 atom stereocenters. The van der Waals surface area contributed by atoms with Crippen LogP contribution in [-0.2, 0) is 4.74 Å². The second-order valence-corrected chi connectivity index (χ2v) is 3.25. The zero-order valence-electron chi connectivity index (χ0n) is 8.74. The van der Waals surface area contributed by atoms with Crippen LogP contribution in [0.4, 0.5) is 4.39 Å². The fraction of sp³-hybridized carbons (Fsp3) is 0.500. The molecule has 1 aromatic rings. The summed E-state index contributed by atoms with van der Waals surface area (Å²) in [6.07, 6.45) is 4.30. The predicted octanol–water partition coefficient (Wildman–Crippen LogP) is 1.15. The van der Waals surface area contributed by atoms with Gasteiger partial charge in [0, 0.05) is 31.5 Å². The van der Waals surface area contributed by atoms with E-state index in [1.807, 2.05) is 0 Å². The summed E-state index contributed by atoms with van der Waals surface area (Å²) in [6.45, 7) is 0.644. The van der Waals surface area contributed by atoms with Gasteiger partial charge in [0.2, 0.25) is 0 Å². The van der Waals surface area contributed by atoms with Crippen molar-refractivity contribution in [2.24, 2.45) is 5.84 Å². The van der Waals surface area contributed by atoms with Crippen molar-refractivity contribution < 1.29 is 9.13 Å². The summed E-state index contributed by atoms with van der Waals surface area (Å²) < 4.78 is 18.3. The summed E-state index contributed by atoms with van der Waals surface area (Å²) >= 11 is 0. The van der Waals surface area contributed by atoms with Crippen molar-refractivity contribution in [3.63, 3.8) is 0 Å². The maximum absolute atomic E-state index is 13.3. The molecule has 0 saturated heterocycles. The van der Waals surface area contributed by atoms with Gasteiger partial charge in [0.15, 0.2) is 0 Å². The molecule has 0 aromatic carbocycles. The molecule has 1 aromatic heterocycles. The van der Waals surface area contributed by atoms with Gasteiger partial charge in [-0.15, -0.1) is 0 Å². The number of hydrogen-bond acceptors (Lipinski definition) is 4. The zero-order chi connectivity index (χ0) is 11.1. The first-order valence-electron chi connectivity index (χ1n) is 4.84. The first kappa shape index (κ1) is 12.0. The molecule has 3 N–H and O–H groups in total. The lowest BCUT2D eigenvalue weighted by Crippen LogP contribution is -2.29. The third-order valence-electron chi connectivity index (χ3n) is 2.22. The van der Waals surface area contributed by atoms with Crippen LogP contribution in [0.15, 0.2) is 18.5 Å². The molecule has 0 aliphatic carbocycles. The number of nitrogens with one attached hydrogen (secondary N) is 1. The summed E-state index contributed by atoms with van der Waals surface area (Å²) in [4.78, 5) is 3.69. The van der Waals surface area contributed by atoms with Gasteiger partial charge in [-0.2, -0.15) is 0 Å². The van der Waals surface area contributed by atoms with Crippen molar-refractivity contribution in [3.8, 4) is 0 Å². The van der Waals surface area contributed by atoms with Crippen molar-refractivity contribution >= 4 is 0 Å². The second kappa shape index (κ2) is 6.44. The minimum absolute atomic E-state index is 0.192. The van der Waals surface area contributed by atoms with Gasteiger partial charge in [0.05, 0.1) is 6.20 Å². The highest BCUT2D eigenvalue weighted by atomic mass is 19.1. The van der Waals surface area contributed by atoms with Crippen molar-refractivity contribution in [2.45, 2.75) is 18.9 Å². The lowest BCUT2D eigenvalue weighted by Gasteiger charge is -2.16. The smallest absolute Gasteiger partial charge is 0.146 e. The number of methoxy groups -OCH3 is 1. The minimum Gasteiger partial charge on any atom is -0.385 e. The van der Waals surface area contributed by atoms with Gasteiger partial charge >= 0.3 is 0 Å². The molecule has 4 nitrogen and oxygen atoms in total. The summed E-state index contributed by atoms with van der Waals surface area (Å²) in [7, 11) is 1.64. The second-order valence-electron chi connectivity index (χ2n) is 3.25. The Labute approximate surface area is 88.6 Å². The molecule has 0 fully saturated rings. The molecule has 0 radical (unpaired) electrons. The number of pyridine rings is 1. The normalized spacial score (nSPS) is 12.7. The van der Waals surface area contributed by atoms with E-state index >= 15 is 0 Å². The van der Waals surface area contributed by atoms with E-state index in [1.165, 1.54) is 6.20 Å². The zero-order valence-corrected chi connectivity index (χ0v) is 8.74. The number of nitrogens with two attached hydrogens (primary N) is 1. The Morgan fingerprint density at radius 1 is 1.67 bits per heavy atom. The van der Waals surface area contributed by atoms with Crippen LogP contribution in [0.1, 0.15) is 24.4 Å². The first-order chi connectivity index (χ1) is 7.29. The molecule has 0 aliphatic heterocycles. The Bertz CT molecular complexity index is 296. The topological polar surface area (TPSA) is 60.2 Å². The van der Waals surface area contributed by atoms with Crippen LogP contribution >= 0.6 is 0 Å². The van der Waals surface area contributed by atoms with Gasteiger partial charge in [-0.25, -0.2) is 4.39 Å². The first-order valence-corrected chi connectivity index (χ1v) is 4.84. The highest BCUT2D eigenvalue weighted by Crippen LogP contribution is 2.19. The lowest BCUT2D eigenvalue weighted by molar-refractivity contribution is 0.188. The van der Waals surface area contributed by atoms with Crippen molar-refractivity contribution in [2.75, 3.05) is 13.7 Å². The molecule has 0 saturated carbocycles. The summed E-state index contributed by atoms with van der Waals surface area (Å²) in [5.41, 5.74) is 3.14. The van der Waals surface area contributed by atoms with Crippen LogP contribution in [-0.4, -0.2) is 18.7 Å². The van der Waals surface area contributed by atoms with Gasteiger partial charge < -0.3 is 4.74 Å². The molecule has 0 bridgehead atoms. The van der Waals surface area contributed by atoms with E-state index in [1.54, 1.807) is 19.4 Å². The number of rotatable bonds is 6. The SMILES string of the molecule is COCCCC(NN)c1ccncc1F. The molecule has 0 amide bonds. The van der Waals surface area contributed by atoms with Crippen LogP contribution in [0.3, 0.4) is 0 Å². The van der Waals surface area contributed by atoms with E-state index < -0.39 is 0 Å². The largest absolute Gasteiger partial charge is 0.385 e. The van der Waals surface area contributed by atoms with Gasteiger partial charge in [0.1, 0.15) is 5.82 Å². The number of hydrazine groups is 1. The highest BCUT2D eigenvalue weighted by Gasteiger charge is 2.13. The van der Waals surface area contributed by atoms with Gasteiger partial charge in [0.25, 0.3) is 0 Å². The third-order valence-corrected chi connectivity index (χ3v) is 2.22. The Balaban J connectivity index is 2.61. The molecule has 0 spiro atoms. The van der Waals surface area contributed by atoms with E-state index in [9.17, 15) is 4.39 Å². The molecule has 0 aliphatic rings. The third kappa shape index (κ3) is 3.54.